The van der Waals surface area contributed by atoms with E-state index in [4.69, 9.17) is 0 Å². The quantitative estimate of drug-likeness (QED) is 0.270. The summed E-state index contributed by atoms with van der Waals surface area (Å²) in [5.41, 5.74) is 4.75. The molecule has 1 heterocycles. The van der Waals surface area contributed by atoms with Crippen LogP contribution in [0.5, 0.6) is 0 Å². The Labute approximate surface area is 134 Å². The van der Waals surface area contributed by atoms with Gasteiger partial charge in [0.1, 0.15) is 5.69 Å². The molecule has 126 valence electrons. The number of carbonyl (C=O) groups excluding carboxylic acids is 3. The van der Waals surface area contributed by atoms with Gasteiger partial charge in [0.25, 0.3) is 5.91 Å². The van der Waals surface area contributed by atoms with Gasteiger partial charge < -0.3 is 0 Å². The monoisotopic (exact) mass is 322 g/mol. The average molecular weight is 322 g/mol. The van der Waals surface area contributed by atoms with Gasteiger partial charge in [-0.25, -0.2) is 5.06 Å². The van der Waals surface area contributed by atoms with Crippen molar-refractivity contribution in [3.63, 3.8) is 0 Å². The average Bonchev–Trinajstić information content (AvgIpc) is 2.59. The molecule has 0 saturated carbocycles. The van der Waals surface area contributed by atoms with Crippen molar-refractivity contribution in [1.82, 2.24) is 20.9 Å². The Hall–Kier alpha value is -2.48. The highest BCUT2D eigenvalue weighted by molar-refractivity contribution is 5.93. The van der Waals surface area contributed by atoms with Gasteiger partial charge in [-0.3, -0.25) is 35.4 Å². The maximum absolute atomic E-state index is 12.1. The highest BCUT2D eigenvalue weighted by Crippen LogP contribution is 2.11. The number of hydrazine groups is 1. The Morgan fingerprint density at radius 1 is 1.35 bits per heavy atom. The van der Waals surface area contributed by atoms with Crippen LogP contribution >= 0.6 is 0 Å². The summed E-state index contributed by atoms with van der Waals surface area (Å²) in [5.74, 6) is -1.62. The molecule has 8 nitrogen and oxygen atoms in total. The predicted octanol–water partition coefficient (Wildman–Crippen LogP) is 0.887. The number of amides is 3. The van der Waals surface area contributed by atoms with E-state index in [0.717, 1.165) is 19.3 Å². The molecular formula is C15H22N4O4. The summed E-state index contributed by atoms with van der Waals surface area (Å²) in [7, 11) is 0. The normalized spacial score (nSPS) is 11.4. The van der Waals surface area contributed by atoms with Crippen LogP contribution < -0.4 is 10.9 Å². The predicted molar refractivity (Wildman–Crippen MR) is 82.0 cm³/mol. The molecule has 1 atom stereocenters. The molecule has 23 heavy (non-hydrogen) atoms. The van der Waals surface area contributed by atoms with Gasteiger partial charge in [0.05, 0.1) is 12.5 Å². The lowest BCUT2D eigenvalue weighted by Gasteiger charge is -2.19. The molecule has 1 aromatic heterocycles. The number of aromatic nitrogens is 1. The summed E-state index contributed by atoms with van der Waals surface area (Å²) in [6.07, 6.45) is 4.93. The third-order valence-corrected chi connectivity index (χ3v) is 3.25. The lowest BCUT2D eigenvalue weighted by atomic mass is 10.0. The zero-order valence-electron chi connectivity index (χ0n) is 13.1. The number of pyridine rings is 1. The van der Waals surface area contributed by atoms with E-state index in [1.807, 2.05) is 6.92 Å². The topological polar surface area (TPSA) is 112 Å². The molecule has 0 fully saturated rings. The molecular weight excluding hydrogens is 300 g/mol. The largest absolute Gasteiger partial charge is 0.288 e. The minimum atomic E-state index is -0.610. The van der Waals surface area contributed by atoms with Gasteiger partial charge in [-0.1, -0.05) is 32.3 Å². The molecule has 0 bridgehead atoms. The van der Waals surface area contributed by atoms with Gasteiger partial charge in [0.15, 0.2) is 0 Å². The number of nitrogens with one attached hydrogen (secondary N) is 2. The second-order valence-corrected chi connectivity index (χ2v) is 5.08. The van der Waals surface area contributed by atoms with Crippen molar-refractivity contribution in [2.24, 2.45) is 5.92 Å². The Kier molecular flexibility index (Phi) is 8.30. The molecule has 8 heteroatoms. The lowest BCUT2D eigenvalue weighted by molar-refractivity contribution is -0.154. The minimum absolute atomic E-state index is 0.126. The van der Waals surface area contributed by atoms with Crippen LogP contribution in [0.15, 0.2) is 24.4 Å². The summed E-state index contributed by atoms with van der Waals surface area (Å²) in [6.45, 7) is 1.91. The first-order chi connectivity index (χ1) is 11.1. The van der Waals surface area contributed by atoms with Crippen LogP contribution in [0.3, 0.4) is 0 Å². The number of unbranched alkanes of at least 4 members (excludes halogenated alkanes) is 2. The number of nitrogens with zero attached hydrogens (tertiary/aromatic N) is 2. The van der Waals surface area contributed by atoms with E-state index in [9.17, 15) is 19.6 Å². The van der Waals surface area contributed by atoms with Gasteiger partial charge >= 0.3 is 0 Å². The van der Waals surface area contributed by atoms with E-state index < -0.39 is 17.7 Å². The molecule has 0 unspecified atom stereocenters. The lowest BCUT2D eigenvalue weighted by Crippen LogP contribution is -2.47. The van der Waals surface area contributed by atoms with Gasteiger partial charge in [-0.2, -0.15) is 0 Å². The highest BCUT2D eigenvalue weighted by Gasteiger charge is 2.21. The third-order valence-electron chi connectivity index (χ3n) is 3.25. The summed E-state index contributed by atoms with van der Waals surface area (Å²) >= 11 is 0. The second kappa shape index (κ2) is 10.3. The Morgan fingerprint density at radius 3 is 2.74 bits per heavy atom. The fourth-order valence-corrected chi connectivity index (χ4v) is 2.00. The molecule has 0 aromatic carbocycles. The van der Waals surface area contributed by atoms with Crippen LogP contribution in [-0.2, 0) is 9.59 Å². The van der Waals surface area contributed by atoms with Crippen LogP contribution in [0, 0.1) is 5.92 Å². The summed E-state index contributed by atoms with van der Waals surface area (Å²) < 4.78 is 0. The van der Waals surface area contributed by atoms with E-state index in [-0.39, 0.29) is 18.6 Å². The number of carbonyl (C=O) groups is 3. The number of hydroxylamine groups is 2. The zero-order chi connectivity index (χ0) is 17.1. The van der Waals surface area contributed by atoms with Crippen LogP contribution in [0.25, 0.3) is 0 Å². The molecule has 3 N–H and O–H groups in total. The Morgan fingerprint density at radius 2 is 2.13 bits per heavy atom. The van der Waals surface area contributed by atoms with Crippen molar-refractivity contribution < 1.29 is 19.6 Å². The summed E-state index contributed by atoms with van der Waals surface area (Å²) in [6, 6.07) is 4.85. The van der Waals surface area contributed by atoms with E-state index in [1.54, 1.807) is 12.1 Å². The molecule has 1 rings (SSSR count). The van der Waals surface area contributed by atoms with E-state index in [1.165, 1.54) is 12.3 Å². The maximum atomic E-state index is 12.1. The van der Waals surface area contributed by atoms with Crippen LogP contribution in [0.2, 0.25) is 0 Å². The number of hydrogen-bond donors (Lipinski definition) is 3. The molecule has 0 spiro atoms. The highest BCUT2D eigenvalue weighted by atomic mass is 16.5. The molecule has 0 saturated heterocycles. The van der Waals surface area contributed by atoms with Crippen molar-refractivity contribution in [3.8, 4) is 0 Å². The molecule has 1 aromatic rings. The second-order valence-electron chi connectivity index (χ2n) is 5.08. The standard InChI is InChI=1S/C15H22N4O4/c1-2-3-4-7-12(10-19(23)11-20)14(21)17-18-15(22)13-8-5-6-9-16-13/h5-6,8-9,11-12,23H,2-4,7,10H2,1H3,(H,17,21)(H,18,22)/t12-/m1/s1. The first-order valence-corrected chi connectivity index (χ1v) is 7.50. The van der Waals surface area contributed by atoms with Crippen molar-refractivity contribution in [1.29, 1.82) is 0 Å². The summed E-state index contributed by atoms with van der Waals surface area (Å²) in [4.78, 5) is 38.3. The summed E-state index contributed by atoms with van der Waals surface area (Å²) in [5, 5.41) is 9.70. The van der Waals surface area contributed by atoms with Crippen LogP contribution in [0.1, 0.15) is 43.1 Å². The Bertz CT molecular complexity index is 509. The van der Waals surface area contributed by atoms with Gasteiger partial charge in [-0.05, 0) is 18.6 Å². The van der Waals surface area contributed by atoms with Gasteiger partial charge in [0.2, 0.25) is 12.3 Å². The zero-order valence-corrected chi connectivity index (χ0v) is 13.1. The molecule has 0 aliphatic heterocycles. The first kappa shape index (κ1) is 18.6. The fraction of sp³-hybridized carbons (Fsp3) is 0.467. The van der Waals surface area contributed by atoms with Crippen molar-refractivity contribution in [2.75, 3.05) is 6.54 Å². The fourth-order valence-electron chi connectivity index (χ4n) is 2.00. The molecule has 0 radical (unpaired) electrons. The molecule has 3 amide bonds. The Balaban J connectivity index is 2.54. The van der Waals surface area contributed by atoms with E-state index in [2.05, 4.69) is 15.8 Å². The smallest absolute Gasteiger partial charge is 0.286 e. The van der Waals surface area contributed by atoms with Crippen LogP contribution in [0.4, 0.5) is 0 Å². The maximum Gasteiger partial charge on any atom is 0.288 e. The number of rotatable bonds is 9. The third kappa shape index (κ3) is 6.88. The van der Waals surface area contributed by atoms with Crippen molar-refractivity contribution in [3.05, 3.63) is 30.1 Å². The van der Waals surface area contributed by atoms with E-state index in [0.29, 0.717) is 11.5 Å². The van der Waals surface area contributed by atoms with Crippen molar-refractivity contribution in [2.45, 2.75) is 32.6 Å². The van der Waals surface area contributed by atoms with Crippen LogP contribution in [-0.4, -0.2) is 40.0 Å². The van der Waals surface area contributed by atoms with Crippen molar-refractivity contribution >= 4 is 18.2 Å². The molecule has 0 aliphatic carbocycles. The first-order valence-electron chi connectivity index (χ1n) is 7.50. The minimum Gasteiger partial charge on any atom is -0.286 e. The molecule has 0 aliphatic rings. The van der Waals surface area contributed by atoms with Gasteiger partial charge in [0, 0.05) is 6.20 Å². The van der Waals surface area contributed by atoms with E-state index >= 15 is 0 Å². The SMILES string of the molecule is CCCCC[C@H](CN(O)C=O)C(=O)NNC(=O)c1ccccn1. The van der Waals surface area contributed by atoms with Gasteiger partial charge in [-0.15, -0.1) is 0 Å². The number of hydrogen-bond acceptors (Lipinski definition) is 5.